The topological polar surface area (TPSA) is 13.1 Å². The van der Waals surface area contributed by atoms with Gasteiger partial charge in [-0.15, -0.1) is 0 Å². The highest BCUT2D eigenvalue weighted by molar-refractivity contribution is 6.16. The Bertz CT molecular complexity index is 2900. The molecule has 0 atom stereocenters. The van der Waals surface area contributed by atoms with E-state index in [2.05, 4.69) is 0 Å². The van der Waals surface area contributed by atoms with Crippen molar-refractivity contribution in [3.8, 4) is 11.1 Å². The van der Waals surface area contributed by atoms with Gasteiger partial charge in [-0.2, -0.15) is 0 Å². The number of hydrogen-bond acceptors (Lipinski definition) is 1. The summed E-state index contributed by atoms with van der Waals surface area (Å²) in [5.41, 5.74) is 1.31. The zero-order chi connectivity index (χ0) is 38.1. The predicted octanol–water partition coefficient (Wildman–Crippen LogP) is 10.3. The van der Waals surface area contributed by atoms with Crippen molar-refractivity contribution in [1.29, 1.82) is 0 Å². The lowest BCUT2D eigenvalue weighted by Crippen LogP contribution is -1.95. The van der Waals surface area contributed by atoms with E-state index in [1.54, 1.807) is 24.3 Å². The van der Waals surface area contributed by atoms with Crippen LogP contribution in [0.4, 0.5) is 0 Å². The van der Waals surface area contributed by atoms with E-state index in [0.29, 0.717) is 22.1 Å². The maximum absolute atomic E-state index is 9.18. The molecule has 1 heteroatoms. The molecule has 1 aromatic heterocycles. The number of hydrogen-bond donors (Lipinski definition) is 0. The minimum atomic E-state index is -0.648. The normalized spacial score (nSPS) is 17.3. The summed E-state index contributed by atoms with van der Waals surface area (Å²) in [5.74, 6) is 0. The van der Waals surface area contributed by atoms with Crippen molar-refractivity contribution in [2.24, 2.45) is 0 Å². The Kier molecular flexibility index (Phi) is 2.46. The molecule has 0 saturated carbocycles. The average Bonchev–Trinajstić information content (AvgIpc) is 3.53. The van der Waals surface area contributed by atoms with Gasteiger partial charge in [0, 0.05) is 10.8 Å². The van der Waals surface area contributed by atoms with Crippen LogP contribution in [-0.2, 0) is 6.42 Å². The van der Waals surface area contributed by atoms with Crippen LogP contribution < -0.4 is 0 Å². The van der Waals surface area contributed by atoms with Gasteiger partial charge in [-0.05, 0) is 79.2 Å². The molecule has 1 nitrogen and oxygen atoms in total. The Balaban J connectivity index is 1.59. The van der Waals surface area contributed by atoms with Crippen LogP contribution in [0.3, 0.4) is 0 Å². The van der Waals surface area contributed by atoms with E-state index in [4.69, 9.17) is 22.2 Å². The Morgan fingerprint density at radius 3 is 2.00 bits per heavy atom. The van der Waals surface area contributed by atoms with Gasteiger partial charge in [0.2, 0.25) is 0 Å². The SMILES string of the molecule is [2H]c1c([2H])c([2H])c2c([2H])c(Cc3c4c([2H])c([2H])c([2H])c([2H])c4c(-c4ccc5oc6ccccc6c5c4)c4c([2H])c([2H])c([2H])c([2H])c34)c([2H])c([2H])c2c1[2H]. The van der Waals surface area contributed by atoms with Gasteiger partial charge in [0.05, 0.1) is 20.6 Å². The van der Waals surface area contributed by atoms with Gasteiger partial charge in [-0.3, -0.25) is 0 Å². The quantitative estimate of drug-likeness (QED) is 0.220. The van der Waals surface area contributed by atoms with Crippen molar-refractivity contribution in [3.63, 3.8) is 0 Å². The van der Waals surface area contributed by atoms with E-state index in [0.717, 1.165) is 5.39 Å². The van der Waals surface area contributed by atoms with Crippen LogP contribution in [0, 0.1) is 0 Å². The molecule has 0 N–H and O–H groups in total. The number of rotatable bonds is 3. The molecule has 7 aromatic carbocycles. The monoisotopic (exact) mass is 499 g/mol. The molecule has 0 aliphatic rings. The Hall–Kier alpha value is -4.88. The fourth-order valence-corrected chi connectivity index (χ4v) is 5.13. The summed E-state index contributed by atoms with van der Waals surface area (Å²) < 4.78 is 137. The van der Waals surface area contributed by atoms with Gasteiger partial charge in [-0.1, -0.05) is 115 Å². The average molecular weight is 500 g/mol. The molecule has 38 heavy (non-hydrogen) atoms. The maximum atomic E-state index is 9.18. The van der Waals surface area contributed by atoms with Crippen molar-refractivity contribution in [3.05, 3.63) is 144 Å². The first kappa shape index (κ1) is 11.2. The van der Waals surface area contributed by atoms with Gasteiger partial charge in [0.25, 0.3) is 0 Å². The van der Waals surface area contributed by atoms with E-state index < -0.39 is 97.1 Å². The first-order chi connectivity index (χ1) is 25.1. The summed E-state index contributed by atoms with van der Waals surface area (Å²) in [4.78, 5) is 0. The van der Waals surface area contributed by atoms with E-state index in [1.807, 2.05) is 18.2 Å². The fourth-order valence-electron chi connectivity index (χ4n) is 5.13. The lowest BCUT2D eigenvalue weighted by molar-refractivity contribution is 0.669. The van der Waals surface area contributed by atoms with E-state index in [1.165, 1.54) is 0 Å². The lowest BCUT2D eigenvalue weighted by atomic mass is 9.86. The first-order valence-corrected chi connectivity index (χ1v) is 11.9. The highest BCUT2D eigenvalue weighted by Gasteiger charge is 2.17. The van der Waals surface area contributed by atoms with Gasteiger partial charge >= 0.3 is 0 Å². The molecule has 0 fully saturated rings. The molecule has 8 aromatic rings. The smallest absolute Gasteiger partial charge is 0.135 e. The minimum Gasteiger partial charge on any atom is -0.456 e. The summed E-state index contributed by atoms with van der Waals surface area (Å²) in [5, 5.41) is 0.385. The summed E-state index contributed by atoms with van der Waals surface area (Å²) in [6.45, 7) is 0. The number of furan rings is 1. The third kappa shape index (κ3) is 3.26. The molecule has 1 heterocycles. The van der Waals surface area contributed by atoms with Crippen molar-refractivity contribution >= 4 is 54.3 Å². The zero-order valence-electron chi connectivity index (χ0n) is 34.7. The van der Waals surface area contributed by atoms with E-state index >= 15 is 0 Å². The second kappa shape index (κ2) is 8.33. The zero-order valence-corrected chi connectivity index (χ0v) is 19.7. The number of fused-ring (bicyclic) bond motifs is 6. The molecule has 178 valence electrons. The standard InChI is InChI=1S/C37H24O/c1-2-10-26-21-24(17-18-25(26)9-1)22-33-28-11-3-5-14-31(28)37(32-15-6-4-12-29(32)33)27-19-20-36-34(23-27)30-13-7-8-16-35(30)38-36/h1-21,23H,22H2/i1D,2D,3D,4D,5D,6D,9D,10D,11D,12D,14D,15D,17D,18D,21D. The Morgan fingerprint density at radius 2 is 1.21 bits per heavy atom. The van der Waals surface area contributed by atoms with Crippen LogP contribution in [0.15, 0.2) is 138 Å². The number of para-hydroxylation sites is 1. The molecule has 0 aliphatic carbocycles. The summed E-state index contributed by atoms with van der Waals surface area (Å²) in [6, 6.07) is 3.71. The molecule has 0 bridgehead atoms. The minimum absolute atomic E-state index is 0.0609. The maximum Gasteiger partial charge on any atom is 0.135 e. The van der Waals surface area contributed by atoms with E-state index in [9.17, 15) is 2.74 Å². The molecule has 0 unspecified atom stereocenters. The van der Waals surface area contributed by atoms with Crippen LogP contribution in [0.1, 0.15) is 31.7 Å². The molecule has 0 amide bonds. The third-order valence-electron chi connectivity index (χ3n) is 6.80. The largest absolute Gasteiger partial charge is 0.456 e. The molecule has 0 aliphatic heterocycles. The third-order valence-corrected chi connectivity index (χ3v) is 6.80. The fraction of sp³-hybridized carbons (Fsp3) is 0.0270. The molecule has 0 spiro atoms. The molecular formula is C37H24O. The van der Waals surface area contributed by atoms with Crippen LogP contribution in [0.2, 0.25) is 0 Å². The second-order valence-corrected chi connectivity index (χ2v) is 8.94. The van der Waals surface area contributed by atoms with Gasteiger partial charge < -0.3 is 4.42 Å². The van der Waals surface area contributed by atoms with Gasteiger partial charge in [0.15, 0.2) is 0 Å². The molecule has 0 saturated heterocycles. The van der Waals surface area contributed by atoms with Crippen molar-refractivity contribution in [2.45, 2.75) is 6.42 Å². The summed E-state index contributed by atoms with van der Waals surface area (Å²) >= 11 is 0. The molecular weight excluding hydrogens is 460 g/mol. The molecule has 8 rings (SSSR count). The summed E-state index contributed by atoms with van der Waals surface area (Å²) in [7, 11) is 0. The van der Waals surface area contributed by atoms with Gasteiger partial charge in [-0.25, -0.2) is 0 Å². The van der Waals surface area contributed by atoms with Crippen LogP contribution in [-0.4, -0.2) is 0 Å². The Labute approximate surface area is 241 Å². The lowest BCUT2D eigenvalue weighted by Gasteiger charge is -2.18. The second-order valence-electron chi connectivity index (χ2n) is 8.94. The van der Waals surface area contributed by atoms with Gasteiger partial charge in [0.1, 0.15) is 11.2 Å². The van der Waals surface area contributed by atoms with Crippen molar-refractivity contribution < 1.29 is 25.0 Å². The van der Waals surface area contributed by atoms with Crippen molar-refractivity contribution in [1.82, 2.24) is 0 Å². The van der Waals surface area contributed by atoms with E-state index in [-0.39, 0.29) is 49.0 Å². The summed E-state index contributed by atoms with van der Waals surface area (Å²) in [6.07, 6.45) is -0.550. The van der Waals surface area contributed by atoms with Crippen LogP contribution >= 0.6 is 0 Å². The number of benzene rings is 7. The predicted molar refractivity (Wildman–Crippen MR) is 161 cm³/mol. The van der Waals surface area contributed by atoms with Crippen molar-refractivity contribution in [2.75, 3.05) is 0 Å². The Morgan fingerprint density at radius 1 is 0.553 bits per heavy atom. The highest BCUT2D eigenvalue weighted by Crippen LogP contribution is 2.42. The van der Waals surface area contributed by atoms with Crippen LogP contribution in [0.5, 0.6) is 0 Å². The first-order valence-electron chi connectivity index (χ1n) is 19.4. The molecule has 0 radical (unpaired) electrons. The highest BCUT2D eigenvalue weighted by atomic mass is 16.3. The van der Waals surface area contributed by atoms with Crippen LogP contribution in [0.25, 0.3) is 65.4 Å².